The highest BCUT2D eigenvalue weighted by Gasteiger charge is 2.14. The second kappa shape index (κ2) is 5.53. The van der Waals surface area contributed by atoms with E-state index in [1.807, 2.05) is 18.3 Å². The summed E-state index contributed by atoms with van der Waals surface area (Å²) in [5.74, 6) is 0.314. The standard InChI is InChI=1S/C18H12FN3O/c19-14-5-1-2-6-15(14)23-16-7-9-21-18-17(16)13(11-22-18)12-4-3-8-20-10-12/h1-11H,(H,21,22). The van der Waals surface area contributed by atoms with Crippen molar-refractivity contribution in [3.8, 4) is 22.6 Å². The molecule has 1 N–H and O–H groups in total. The van der Waals surface area contributed by atoms with Gasteiger partial charge in [0.1, 0.15) is 11.4 Å². The maximum Gasteiger partial charge on any atom is 0.165 e. The highest BCUT2D eigenvalue weighted by molar-refractivity contribution is 5.98. The number of ether oxygens (including phenoxy) is 1. The summed E-state index contributed by atoms with van der Waals surface area (Å²) >= 11 is 0. The number of para-hydroxylation sites is 1. The normalized spacial score (nSPS) is 10.8. The number of benzene rings is 1. The molecule has 0 aliphatic carbocycles. The molecule has 0 bridgehead atoms. The first-order valence-electron chi connectivity index (χ1n) is 7.12. The number of hydrogen-bond acceptors (Lipinski definition) is 3. The minimum Gasteiger partial charge on any atom is -0.453 e. The number of halogens is 1. The molecule has 0 saturated carbocycles. The van der Waals surface area contributed by atoms with Crippen LogP contribution in [-0.4, -0.2) is 15.0 Å². The molecule has 5 heteroatoms. The van der Waals surface area contributed by atoms with Crippen LogP contribution in [0.3, 0.4) is 0 Å². The molecule has 1 aromatic carbocycles. The monoisotopic (exact) mass is 305 g/mol. The van der Waals surface area contributed by atoms with Crippen molar-refractivity contribution in [3.05, 3.63) is 73.1 Å². The van der Waals surface area contributed by atoms with Crippen LogP contribution in [0.2, 0.25) is 0 Å². The molecule has 0 saturated heterocycles. The molecule has 0 amide bonds. The van der Waals surface area contributed by atoms with Gasteiger partial charge in [0.05, 0.1) is 5.39 Å². The molecule has 3 aromatic heterocycles. The van der Waals surface area contributed by atoms with Gasteiger partial charge in [-0.05, 0) is 24.3 Å². The van der Waals surface area contributed by atoms with Crippen LogP contribution in [0.15, 0.2) is 67.3 Å². The van der Waals surface area contributed by atoms with Gasteiger partial charge in [0.2, 0.25) is 0 Å². The Morgan fingerprint density at radius 2 is 1.87 bits per heavy atom. The summed E-state index contributed by atoms with van der Waals surface area (Å²) < 4.78 is 19.7. The highest BCUT2D eigenvalue weighted by atomic mass is 19.1. The third-order valence-electron chi connectivity index (χ3n) is 3.56. The Hall–Kier alpha value is -3.21. The van der Waals surface area contributed by atoms with Crippen LogP contribution in [0.1, 0.15) is 0 Å². The predicted molar refractivity (Wildman–Crippen MR) is 85.8 cm³/mol. The van der Waals surface area contributed by atoms with Gasteiger partial charge in [-0.1, -0.05) is 18.2 Å². The van der Waals surface area contributed by atoms with Gasteiger partial charge in [-0.3, -0.25) is 4.98 Å². The number of pyridine rings is 2. The van der Waals surface area contributed by atoms with E-state index in [0.29, 0.717) is 11.4 Å². The van der Waals surface area contributed by atoms with Crippen molar-refractivity contribution in [1.29, 1.82) is 0 Å². The smallest absolute Gasteiger partial charge is 0.165 e. The van der Waals surface area contributed by atoms with Crippen LogP contribution in [0, 0.1) is 5.82 Å². The molecular weight excluding hydrogens is 293 g/mol. The zero-order valence-corrected chi connectivity index (χ0v) is 12.0. The third-order valence-corrected chi connectivity index (χ3v) is 3.56. The van der Waals surface area contributed by atoms with E-state index in [1.54, 1.807) is 42.9 Å². The maximum absolute atomic E-state index is 13.9. The van der Waals surface area contributed by atoms with Gasteiger partial charge >= 0.3 is 0 Å². The highest BCUT2D eigenvalue weighted by Crippen LogP contribution is 2.36. The summed E-state index contributed by atoms with van der Waals surface area (Å²) in [6, 6.07) is 11.9. The Morgan fingerprint density at radius 3 is 2.70 bits per heavy atom. The molecule has 0 aliphatic heterocycles. The average Bonchev–Trinajstić information content (AvgIpc) is 3.03. The zero-order chi connectivity index (χ0) is 15.6. The van der Waals surface area contributed by atoms with Gasteiger partial charge < -0.3 is 9.72 Å². The fourth-order valence-corrected chi connectivity index (χ4v) is 2.51. The second-order valence-corrected chi connectivity index (χ2v) is 5.01. The van der Waals surface area contributed by atoms with Crippen molar-refractivity contribution >= 4 is 11.0 Å². The fourth-order valence-electron chi connectivity index (χ4n) is 2.51. The van der Waals surface area contributed by atoms with Gasteiger partial charge in [0, 0.05) is 35.9 Å². The molecule has 3 heterocycles. The first-order valence-corrected chi connectivity index (χ1v) is 7.12. The molecule has 4 aromatic rings. The van der Waals surface area contributed by atoms with Crippen LogP contribution in [-0.2, 0) is 0 Å². The van der Waals surface area contributed by atoms with Crippen molar-refractivity contribution < 1.29 is 9.13 Å². The summed E-state index contributed by atoms with van der Waals surface area (Å²) in [6.45, 7) is 0. The predicted octanol–water partition coefficient (Wildman–Crippen LogP) is 4.56. The first kappa shape index (κ1) is 13.5. The van der Waals surface area contributed by atoms with E-state index in [-0.39, 0.29) is 5.75 Å². The number of nitrogens with one attached hydrogen (secondary N) is 1. The van der Waals surface area contributed by atoms with Gasteiger partial charge in [0.25, 0.3) is 0 Å². The molecule has 0 fully saturated rings. The number of hydrogen-bond donors (Lipinski definition) is 1. The Morgan fingerprint density at radius 1 is 0.957 bits per heavy atom. The van der Waals surface area contributed by atoms with Gasteiger partial charge in [-0.2, -0.15) is 0 Å². The van der Waals surface area contributed by atoms with E-state index < -0.39 is 5.82 Å². The van der Waals surface area contributed by atoms with E-state index in [1.165, 1.54) is 6.07 Å². The molecule has 4 nitrogen and oxygen atoms in total. The molecule has 0 atom stereocenters. The van der Waals surface area contributed by atoms with E-state index in [2.05, 4.69) is 15.0 Å². The van der Waals surface area contributed by atoms with Gasteiger partial charge in [-0.15, -0.1) is 0 Å². The first-order chi connectivity index (χ1) is 11.3. The quantitative estimate of drug-likeness (QED) is 0.604. The Labute approximate surface area is 131 Å². The molecule has 0 spiro atoms. The number of aromatic amines is 1. The van der Waals surface area contributed by atoms with Crippen LogP contribution in [0.25, 0.3) is 22.2 Å². The Balaban J connectivity index is 1.87. The summed E-state index contributed by atoms with van der Waals surface area (Å²) in [4.78, 5) is 11.6. The molecule has 4 rings (SSSR count). The van der Waals surface area contributed by atoms with E-state index in [0.717, 1.165) is 16.5 Å². The summed E-state index contributed by atoms with van der Waals surface area (Å²) in [5, 5.41) is 0.795. The Kier molecular flexibility index (Phi) is 3.24. The van der Waals surface area contributed by atoms with Gasteiger partial charge in [0.15, 0.2) is 11.6 Å². The molecule has 0 unspecified atom stereocenters. The maximum atomic E-state index is 13.9. The summed E-state index contributed by atoms with van der Waals surface area (Å²) in [6.07, 6.45) is 6.96. The minimum atomic E-state index is -0.407. The second-order valence-electron chi connectivity index (χ2n) is 5.01. The van der Waals surface area contributed by atoms with Crippen LogP contribution < -0.4 is 4.74 Å². The number of nitrogens with zero attached hydrogens (tertiary/aromatic N) is 2. The van der Waals surface area contributed by atoms with Crippen LogP contribution >= 0.6 is 0 Å². The van der Waals surface area contributed by atoms with Gasteiger partial charge in [-0.25, -0.2) is 9.37 Å². The zero-order valence-electron chi connectivity index (χ0n) is 12.0. The lowest BCUT2D eigenvalue weighted by molar-refractivity contribution is 0.446. The van der Waals surface area contributed by atoms with Crippen LogP contribution in [0.4, 0.5) is 4.39 Å². The van der Waals surface area contributed by atoms with Crippen molar-refractivity contribution in [2.24, 2.45) is 0 Å². The number of rotatable bonds is 3. The summed E-state index contributed by atoms with van der Waals surface area (Å²) in [5.41, 5.74) is 2.52. The molecule has 0 radical (unpaired) electrons. The topological polar surface area (TPSA) is 50.8 Å². The molecule has 112 valence electrons. The number of aromatic nitrogens is 3. The molecule has 23 heavy (non-hydrogen) atoms. The number of fused-ring (bicyclic) bond motifs is 1. The largest absolute Gasteiger partial charge is 0.453 e. The average molecular weight is 305 g/mol. The Bertz CT molecular complexity index is 966. The fraction of sp³-hybridized carbons (Fsp3) is 0. The number of H-pyrrole nitrogens is 1. The molecule has 0 aliphatic rings. The lowest BCUT2D eigenvalue weighted by Crippen LogP contribution is -1.90. The lowest BCUT2D eigenvalue weighted by Gasteiger charge is -2.09. The van der Waals surface area contributed by atoms with E-state index in [4.69, 9.17) is 4.74 Å². The van der Waals surface area contributed by atoms with Crippen molar-refractivity contribution in [2.45, 2.75) is 0 Å². The SMILES string of the molecule is Fc1ccccc1Oc1ccnc2[nH]cc(-c3cccnc3)c12. The van der Waals surface area contributed by atoms with Crippen molar-refractivity contribution in [3.63, 3.8) is 0 Å². The third kappa shape index (κ3) is 2.42. The van der Waals surface area contributed by atoms with Crippen LogP contribution in [0.5, 0.6) is 11.5 Å². The van der Waals surface area contributed by atoms with E-state index in [9.17, 15) is 4.39 Å². The lowest BCUT2D eigenvalue weighted by atomic mass is 10.1. The van der Waals surface area contributed by atoms with E-state index >= 15 is 0 Å². The van der Waals surface area contributed by atoms with Crippen molar-refractivity contribution in [1.82, 2.24) is 15.0 Å². The summed E-state index contributed by atoms with van der Waals surface area (Å²) in [7, 11) is 0. The van der Waals surface area contributed by atoms with Crippen molar-refractivity contribution in [2.75, 3.05) is 0 Å². The molecular formula is C18H12FN3O. The minimum absolute atomic E-state index is 0.179.